The molecule has 2 rings (SSSR count). The van der Waals surface area contributed by atoms with E-state index in [4.69, 9.17) is 4.74 Å². The van der Waals surface area contributed by atoms with Gasteiger partial charge in [-0.1, -0.05) is 30.7 Å². The molecule has 2 heteroatoms. The molecule has 1 heterocycles. The first-order chi connectivity index (χ1) is 7.88. The standard InChI is InChI=1S/C14H19NO/c1-16-14-9-6-12(7-10-14)5-8-13-4-2-3-11-15-13/h5-10,13,15H,2-4,11H2,1H3/b8-5+/t13-/m0/s1. The van der Waals surface area contributed by atoms with Crippen molar-refractivity contribution in [1.29, 1.82) is 0 Å². The maximum absolute atomic E-state index is 5.13. The van der Waals surface area contributed by atoms with Crippen LogP contribution in [0.15, 0.2) is 30.3 Å². The summed E-state index contributed by atoms with van der Waals surface area (Å²) in [6.45, 7) is 1.15. The minimum Gasteiger partial charge on any atom is -0.497 e. The van der Waals surface area contributed by atoms with Crippen molar-refractivity contribution >= 4 is 6.08 Å². The lowest BCUT2D eigenvalue weighted by molar-refractivity contribution is 0.415. The predicted molar refractivity (Wildman–Crippen MR) is 67.7 cm³/mol. The van der Waals surface area contributed by atoms with Crippen LogP contribution in [0, 0.1) is 0 Å². The Hall–Kier alpha value is -1.28. The van der Waals surface area contributed by atoms with Crippen molar-refractivity contribution in [3.63, 3.8) is 0 Å². The highest BCUT2D eigenvalue weighted by atomic mass is 16.5. The molecule has 0 aliphatic carbocycles. The summed E-state index contributed by atoms with van der Waals surface area (Å²) in [5.41, 5.74) is 1.23. The summed E-state index contributed by atoms with van der Waals surface area (Å²) in [7, 11) is 1.69. The Kier molecular flexibility index (Phi) is 4.00. The molecule has 0 spiro atoms. The molecule has 0 radical (unpaired) electrons. The van der Waals surface area contributed by atoms with E-state index in [9.17, 15) is 0 Å². The summed E-state index contributed by atoms with van der Waals surface area (Å²) in [5.74, 6) is 0.910. The van der Waals surface area contributed by atoms with Crippen LogP contribution in [0.1, 0.15) is 24.8 Å². The molecule has 1 aliphatic heterocycles. The Morgan fingerprint density at radius 2 is 2.06 bits per heavy atom. The molecule has 2 nitrogen and oxygen atoms in total. The first kappa shape index (κ1) is 11.2. The van der Waals surface area contributed by atoms with Crippen molar-refractivity contribution in [2.75, 3.05) is 13.7 Å². The molecule has 0 saturated carbocycles. The maximum Gasteiger partial charge on any atom is 0.118 e. The van der Waals surface area contributed by atoms with Gasteiger partial charge in [-0.25, -0.2) is 0 Å². The molecule has 1 atom stereocenters. The van der Waals surface area contributed by atoms with E-state index in [1.807, 2.05) is 12.1 Å². The average Bonchev–Trinajstić information content (AvgIpc) is 2.38. The second kappa shape index (κ2) is 5.71. The highest BCUT2D eigenvalue weighted by Crippen LogP contribution is 2.14. The van der Waals surface area contributed by atoms with E-state index in [-0.39, 0.29) is 0 Å². The zero-order chi connectivity index (χ0) is 11.2. The molecule has 1 aliphatic rings. The lowest BCUT2D eigenvalue weighted by Gasteiger charge is -2.19. The van der Waals surface area contributed by atoms with Gasteiger partial charge in [0, 0.05) is 6.04 Å². The summed E-state index contributed by atoms with van der Waals surface area (Å²) < 4.78 is 5.13. The first-order valence-corrected chi connectivity index (χ1v) is 5.94. The molecule has 1 fully saturated rings. The third-order valence-corrected chi connectivity index (χ3v) is 2.99. The van der Waals surface area contributed by atoms with E-state index >= 15 is 0 Å². The smallest absolute Gasteiger partial charge is 0.118 e. The lowest BCUT2D eigenvalue weighted by Crippen LogP contribution is -2.31. The molecule has 1 aromatic rings. The number of ether oxygens (including phenoxy) is 1. The van der Waals surface area contributed by atoms with E-state index in [0.29, 0.717) is 6.04 Å². The van der Waals surface area contributed by atoms with Gasteiger partial charge in [0.25, 0.3) is 0 Å². The highest BCUT2D eigenvalue weighted by molar-refractivity contribution is 5.51. The van der Waals surface area contributed by atoms with Crippen LogP contribution >= 0.6 is 0 Å². The minimum absolute atomic E-state index is 0.552. The largest absolute Gasteiger partial charge is 0.497 e. The summed E-state index contributed by atoms with van der Waals surface area (Å²) in [4.78, 5) is 0. The van der Waals surface area contributed by atoms with Gasteiger partial charge >= 0.3 is 0 Å². The molecule has 86 valence electrons. The number of nitrogens with one attached hydrogen (secondary N) is 1. The van der Waals surface area contributed by atoms with E-state index in [1.165, 1.54) is 24.8 Å². The molecule has 16 heavy (non-hydrogen) atoms. The van der Waals surface area contributed by atoms with Gasteiger partial charge in [-0.3, -0.25) is 0 Å². The Bertz CT molecular complexity index is 336. The van der Waals surface area contributed by atoms with Crippen LogP contribution in [0.2, 0.25) is 0 Å². The Labute approximate surface area is 97.3 Å². The third kappa shape index (κ3) is 3.11. The number of methoxy groups -OCH3 is 1. The van der Waals surface area contributed by atoms with Crippen LogP contribution in [0.3, 0.4) is 0 Å². The van der Waals surface area contributed by atoms with Gasteiger partial charge in [0.1, 0.15) is 5.75 Å². The summed E-state index contributed by atoms with van der Waals surface area (Å²) in [6, 6.07) is 8.70. The number of hydrogen-bond donors (Lipinski definition) is 1. The van der Waals surface area contributed by atoms with Crippen LogP contribution in [0.5, 0.6) is 5.75 Å². The first-order valence-electron chi connectivity index (χ1n) is 5.94. The fraction of sp³-hybridized carbons (Fsp3) is 0.429. The van der Waals surface area contributed by atoms with Crippen molar-refractivity contribution in [1.82, 2.24) is 5.32 Å². The summed E-state index contributed by atoms with van der Waals surface area (Å²) in [6.07, 6.45) is 8.35. The Morgan fingerprint density at radius 3 is 2.69 bits per heavy atom. The third-order valence-electron chi connectivity index (χ3n) is 2.99. The van der Waals surface area contributed by atoms with Crippen molar-refractivity contribution in [3.05, 3.63) is 35.9 Å². The van der Waals surface area contributed by atoms with Crippen LogP contribution in [0.25, 0.3) is 6.08 Å². The quantitative estimate of drug-likeness (QED) is 0.840. The van der Waals surface area contributed by atoms with Gasteiger partial charge < -0.3 is 10.1 Å². The maximum atomic E-state index is 5.13. The van der Waals surface area contributed by atoms with Gasteiger partial charge in [0.2, 0.25) is 0 Å². The van der Waals surface area contributed by atoms with Gasteiger partial charge in [-0.2, -0.15) is 0 Å². The zero-order valence-corrected chi connectivity index (χ0v) is 9.78. The fourth-order valence-corrected chi connectivity index (χ4v) is 1.99. The van der Waals surface area contributed by atoms with Crippen LogP contribution in [-0.2, 0) is 0 Å². The normalized spacial score (nSPS) is 21.2. The van der Waals surface area contributed by atoms with E-state index in [1.54, 1.807) is 7.11 Å². The predicted octanol–water partition coefficient (Wildman–Crippen LogP) is 2.85. The average molecular weight is 217 g/mol. The number of benzene rings is 1. The minimum atomic E-state index is 0.552. The number of hydrogen-bond acceptors (Lipinski definition) is 2. The van der Waals surface area contributed by atoms with Crippen molar-refractivity contribution in [3.8, 4) is 5.75 Å². The van der Waals surface area contributed by atoms with Crippen LogP contribution in [-0.4, -0.2) is 19.7 Å². The van der Waals surface area contributed by atoms with Crippen LogP contribution in [0.4, 0.5) is 0 Å². The molecule has 0 bridgehead atoms. The molecule has 0 aromatic heterocycles. The van der Waals surface area contributed by atoms with E-state index in [2.05, 4.69) is 29.6 Å². The Morgan fingerprint density at radius 1 is 1.25 bits per heavy atom. The molecule has 1 N–H and O–H groups in total. The Balaban J connectivity index is 1.94. The number of piperidine rings is 1. The summed E-state index contributed by atoms with van der Waals surface area (Å²) in [5, 5.41) is 3.50. The SMILES string of the molecule is COc1ccc(/C=C/[C@@H]2CCCCN2)cc1. The highest BCUT2D eigenvalue weighted by Gasteiger charge is 2.07. The van der Waals surface area contributed by atoms with Crippen LogP contribution < -0.4 is 10.1 Å². The van der Waals surface area contributed by atoms with Gasteiger partial charge in [0.15, 0.2) is 0 Å². The molecular weight excluding hydrogens is 198 g/mol. The molecule has 1 aromatic carbocycles. The zero-order valence-electron chi connectivity index (χ0n) is 9.78. The number of rotatable bonds is 3. The molecule has 0 amide bonds. The molecular formula is C14H19NO. The van der Waals surface area contributed by atoms with Gasteiger partial charge in [-0.05, 0) is 37.1 Å². The molecule has 0 unspecified atom stereocenters. The summed E-state index contributed by atoms with van der Waals surface area (Å²) >= 11 is 0. The van der Waals surface area contributed by atoms with E-state index in [0.717, 1.165) is 12.3 Å². The second-order valence-corrected chi connectivity index (χ2v) is 4.19. The monoisotopic (exact) mass is 217 g/mol. The lowest BCUT2D eigenvalue weighted by atomic mass is 10.0. The topological polar surface area (TPSA) is 21.3 Å². The fourth-order valence-electron chi connectivity index (χ4n) is 1.99. The van der Waals surface area contributed by atoms with Crippen molar-refractivity contribution < 1.29 is 4.74 Å². The van der Waals surface area contributed by atoms with Gasteiger partial charge in [0.05, 0.1) is 7.11 Å². The van der Waals surface area contributed by atoms with Crippen molar-refractivity contribution in [2.24, 2.45) is 0 Å². The van der Waals surface area contributed by atoms with E-state index < -0.39 is 0 Å². The molecule has 1 saturated heterocycles. The second-order valence-electron chi connectivity index (χ2n) is 4.19. The van der Waals surface area contributed by atoms with Crippen molar-refractivity contribution in [2.45, 2.75) is 25.3 Å². The van der Waals surface area contributed by atoms with Gasteiger partial charge in [-0.15, -0.1) is 0 Å².